The molecule has 0 heterocycles. The monoisotopic (exact) mass is 261 g/mol. The molecule has 102 valence electrons. The fourth-order valence-corrected chi connectivity index (χ4v) is 1.93. The minimum atomic E-state index is -4.33. The van der Waals surface area contributed by atoms with Crippen LogP contribution < -0.4 is 5.32 Å². The third-order valence-corrected chi connectivity index (χ3v) is 3.06. The van der Waals surface area contributed by atoms with Gasteiger partial charge in [-0.05, 0) is 38.6 Å². The second-order valence-electron chi connectivity index (χ2n) is 4.65. The van der Waals surface area contributed by atoms with E-state index >= 15 is 0 Å². The molecular formula is C13H18F3NO. The molecule has 0 radical (unpaired) electrons. The number of nitrogens with one attached hydrogen (secondary N) is 1. The molecule has 1 rings (SSSR count). The van der Waals surface area contributed by atoms with E-state index in [9.17, 15) is 13.2 Å². The van der Waals surface area contributed by atoms with Crippen molar-refractivity contribution in [2.24, 2.45) is 0 Å². The summed E-state index contributed by atoms with van der Waals surface area (Å²) in [5, 5.41) is 3.00. The lowest BCUT2D eigenvalue weighted by Crippen LogP contribution is -2.39. The summed E-state index contributed by atoms with van der Waals surface area (Å²) in [7, 11) is 3.24. The number of hydrogen-bond acceptors (Lipinski definition) is 2. The Hall–Kier alpha value is -1.07. The molecule has 1 unspecified atom stereocenters. The Morgan fingerprint density at radius 2 is 1.83 bits per heavy atom. The Bertz CT molecular complexity index is 401. The number of hydrogen-bond donors (Lipinski definition) is 1. The highest BCUT2D eigenvalue weighted by Crippen LogP contribution is 2.33. The second-order valence-corrected chi connectivity index (χ2v) is 4.65. The largest absolute Gasteiger partial charge is 0.416 e. The Labute approximate surface area is 105 Å². The smallest absolute Gasteiger partial charge is 0.377 e. The lowest BCUT2D eigenvalue weighted by molar-refractivity contribution is -0.137. The summed E-state index contributed by atoms with van der Waals surface area (Å²) < 4.78 is 43.3. The first-order chi connectivity index (χ1) is 8.22. The highest BCUT2D eigenvalue weighted by molar-refractivity contribution is 5.29. The lowest BCUT2D eigenvalue weighted by Gasteiger charge is -2.33. The van der Waals surface area contributed by atoms with Gasteiger partial charge in [0.15, 0.2) is 0 Å². The first kappa shape index (κ1) is 15.0. The van der Waals surface area contributed by atoms with Crippen molar-refractivity contribution < 1.29 is 17.9 Å². The van der Waals surface area contributed by atoms with Crippen molar-refractivity contribution in [2.45, 2.75) is 31.7 Å². The van der Waals surface area contributed by atoms with Crippen LogP contribution in [0.1, 0.15) is 31.0 Å². The van der Waals surface area contributed by atoms with Gasteiger partial charge in [0.25, 0.3) is 0 Å². The van der Waals surface area contributed by atoms with E-state index in [0.29, 0.717) is 5.56 Å². The molecule has 5 heteroatoms. The van der Waals surface area contributed by atoms with Gasteiger partial charge >= 0.3 is 6.18 Å². The first-order valence-electron chi connectivity index (χ1n) is 5.62. The van der Waals surface area contributed by atoms with Crippen molar-refractivity contribution in [3.8, 4) is 0 Å². The van der Waals surface area contributed by atoms with Crippen LogP contribution in [0.5, 0.6) is 0 Å². The van der Waals surface area contributed by atoms with E-state index in [0.717, 1.165) is 12.1 Å². The summed E-state index contributed by atoms with van der Waals surface area (Å²) in [6.45, 7) is 3.66. The molecule has 0 aliphatic rings. The third-order valence-electron chi connectivity index (χ3n) is 3.06. The maximum atomic E-state index is 12.7. The van der Waals surface area contributed by atoms with E-state index in [1.165, 1.54) is 13.2 Å². The fraction of sp³-hybridized carbons (Fsp3) is 0.538. The normalized spacial score (nSPS) is 14.6. The standard InChI is InChI=1S/C13H18F3NO/c1-12(2,18-4)11(17-3)9-6-5-7-10(8-9)13(14,15)16/h5-8,11,17H,1-4H3. The maximum absolute atomic E-state index is 12.7. The average Bonchev–Trinajstić information content (AvgIpc) is 2.29. The Morgan fingerprint density at radius 1 is 1.22 bits per heavy atom. The summed E-state index contributed by atoms with van der Waals surface area (Å²) in [6, 6.07) is 4.98. The average molecular weight is 261 g/mol. The van der Waals surface area contributed by atoms with Gasteiger partial charge in [0.2, 0.25) is 0 Å². The summed E-state index contributed by atoms with van der Waals surface area (Å²) in [6.07, 6.45) is -4.33. The molecule has 0 bridgehead atoms. The minimum absolute atomic E-state index is 0.315. The van der Waals surface area contributed by atoms with Crippen molar-refractivity contribution in [2.75, 3.05) is 14.2 Å². The molecule has 0 fully saturated rings. The Balaban J connectivity index is 3.16. The van der Waals surface area contributed by atoms with Crippen molar-refractivity contribution in [3.05, 3.63) is 35.4 Å². The van der Waals surface area contributed by atoms with Crippen molar-refractivity contribution in [3.63, 3.8) is 0 Å². The molecule has 0 saturated carbocycles. The highest BCUT2D eigenvalue weighted by atomic mass is 19.4. The van der Waals surface area contributed by atoms with E-state index in [-0.39, 0.29) is 6.04 Å². The zero-order chi connectivity index (χ0) is 14.0. The first-order valence-corrected chi connectivity index (χ1v) is 5.62. The quantitative estimate of drug-likeness (QED) is 0.897. The molecule has 0 amide bonds. The third kappa shape index (κ3) is 3.23. The Kier molecular flexibility index (Phi) is 4.40. The van der Waals surface area contributed by atoms with Crippen LogP contribution in [-0.4, -0.2) is 19.8 Å². The van der Waals surface area contributed by atoms with Crippen LogP contribution in [0.25, 0.3) is 0 Å². The SMILES string of the molecule is CNC(c1cccc(C(F)(F)F)c1)C(C)(C)OC. The molecule has 0 aromatic heterocycles. The van der Waals surface area contributed by atoms with Crippen LogP contribution in [-0.2, 0) is 10.9 Å². The second kappa shape index (κ2) is 5.28. The maximum Gasteiger partial charge on any atom is 0.416 e. The number of ether oxygens (including phenoxy) is 1. The zero-order valence-corrected chi connectivity index (χ0v) is 10.9. The van der Waals surface area contributed by atoms with Crippen molar-refractivity contribution in [1.29, 1.82) is 0 Å². The van der Waals surface area contributed by atoms with Gasteiger partial charge < -0.3 is 10.1 Å². The number of rotatable bonds is 4. The van der Waals surface area contributed by atoms with E-state index in [1.807, 2.05) is 13.8 Å². The van der Waals surface area contributed by atoms with E-state index in [1.54, 1.807) is 13.1 Å². The van der Waals surface area contributed by atoms with Gasteiger partial charge in [0.1, 0.15) is 0 Å². The van der Waals surface area contributed by atoms with Crippen molar-refractivity contribution in [1.82, 2.24) is 5.32 Å². The molecule has 1 aromatic rings. The minimum Gasteiger partial charge on any atom is -0.377 e. The summed E-state index contributed by atoms with van der Waals surface area (Å²) in [5.41, 5.74) is -0.690. The number of halogens is 3. The Morgan fingerprint density at radius 3 is 2.28 bits per heavy atom. The molecular weight excluding hydrogens is 243 g/mol. The molecule has 18 heavy (non-hydrogen) atoms. The predicted octanol–water partition coefficient (Wildman–Crippen LogP) is 3.39. The van der Waals surface area contributed by atoms with Crippen LogP contribution in [0.15, 0.2) is 24.3 Å². The molecule has 1 atom stereocenters. The van der Waals surface area contributed by atoms with Gasteiger partial charge in [0, 0.05) is 7.11 Å². The fourth-order valence-electron chi connectivity index (χ4n) is 1.93. The molecule has 0 spiro atoms. The number of likely N-dealkylation sites (N-methyl/N-ethyl adjacent to an activating group) is 1. The molecule has 2 nitrogen and oxygen atoms in total. The zero-order valence-electron chi connectivity index (χ0n) is 10.9. The molecule has 0 aliphatic carbocycles. The summed E-state index contributed by atoms with van der Waals surface area (Å²) in [4.78, 5) is 0. The van der Waals surface area contributed by atoms with Crippen molar-refractivity contribution >= 4 is 0 Å². The predicted molar refractivity (Wildman–Crippen MR) is 64.3 cm³/mol. The summed E-state index contributed by atoms with van der Waals surface area (Å²) >= 11 is 0. The van der Waals surface area contributed by atoms with Crippen LogP contribution >= 0.6 is 0 Å². The van der Waals surface area contributed by atoms with Gasteiger partial charge in [-0.3, -0.25) is 0 Å². The van der Waals surface area contributed by atoms with Gasteiger partial charge in [-0.1, -0.05) is 12.1 Å². The lowest BCUT2D eigenvalue weighted by atomic mass is 9.91. The van der Waals surface area contributed by atoms with E-state index in [4.69, 9.17) is 4.74 Å². The van der Waals surface area contributed by atoms with Gasteiger partial charge in [0.05, 0.1) is 17.2 Å². The van der Waals surface area contributed by atoms with E-state index < -0.39 is 17.3 Å². The number of alkyl halides is 3. The van der Waals surface area contributed by atoms with Crippen LogP contribution in [0.3, 0.4) is 0 Å². The van der Waals surface area contributed by atoms with Crippen LogP contribution in [0, 0.1) is 0 Å². The van der Waals surface area contributed by atoms with E-state index in [2.05, 4.69) is 5.32 Å². The molecule has 0 aliphatic heterocycles. The topological polar surface area (TPSA) is 21.3 Å². The molecule has 1 aromatic carbocycles. The summed E-state index contributed by atoms with van der Waals surface area (Å²) in [5.74, 6) is 0. The number of benzene rings is 1. The molecule has 0 saturated heterocycles. The number of methoxy groups -OCH3 is 1. The van der Waals surface area contributed by atoms with Gasteiger partial charge in [-0.25, -0.2) is 0 Å². The van der Waals surface area contributed by atoms with Crippen LogP contribution in [0.4, 0.5) is 13.2 Å². The van der Waals surface area contributed by atoms with Gasteiger partial charge in [-0.2, -0.15) is 13.2 Å². The highest BCUT2D eigenvalue weighted by Gasteiger charge is 2.34. The van der Waals surface area contributed by atoms with Crippen LogP contribution in [0.2, 0.25) is 0 Å². The van der Waals surface area contributed by atoms with Gasteiger partial charge in [-0.15, -0.1) is 0 Å². The molecule has 1 N–H and O–H groups in total.